The van der Waals surface area contributed by atoms with Crippen molar-refractivity contribution in [2.45, 2.75) is 26.8 Å². The van der Waals surface area contributed by atoms with Crippen LogP contribution in [0, 0.1) is 17.0 Å². The molecule has 164 valence electrons. The lowest BCUT2D eigenvalue weighted by atomic mass is 10.0. The van der Waals surface area contributed by atoms with Crippen molar-refractivity contribution in [3.05, 3.63) is 69.9 Å². The van der Waals surface area contributed by atoms with Crippen molar-refractivity contribution in [1.29, 1.82) is 0 Å². The minimum atomic E-state index is -0.689. The van der Waals surface area contributed by atoms with Gasteiger partial charge in [0.2, 0.25) is 6.54 Å². The largest absolute Gasteiger partial charge is 0.497 e. The summed E-state index contributed by atoms with van der Waals surface area (Å²) in [5, 5.41) is 18.0. The Labute approximate surface area is 179 Å². The van der Waals surface area contributed by atoms with Crippen LogP contribution in [0.4, 0.5) is 11.5 Å². The zero-order valence-corrected chi connectivity index (χ0v) is 17.8. The van der Waals surface area contributed by atoms with Gasteiger partial charge in [-0.1, -0.05) is 19.9 Å². The Bertz CT molecular complexity index is 1050. The van der Waals surface area contributed by atoms with E-state index in [1.807, 2.05) is 32.9 Å². The quantitative estimate of drug-likeness (QED) is 0.431. The van der Waals surface area contributed by atoms with Crippen LogP contribution >= 0.6 is 0 Å². The number of amides is 1. The molecule has 0 saturated heterocycles. The fraction of sp³-hybridized carbons (Fsp3) is 0.300. The Hall–Kier alpha value is -4.02. The van der Waals surface area contributed by atoms with Crippen LogP contribution in [-0.2, 0) is 0 Å². The van der Waals surface area contributed by atoms with Crippen LogP contribution in [0.5, 0.6) is 5.75 Å². The van der Waals surface area contributed by atoms with Crippen molar-refractivity contribution >= 4 is 17.4 Å². The van der Waals surface area contributed by atoms with E-state index in [0.29, 0.717) is 17.0 Å². The van der Waals surface area contributed by atoms with Gasteiger partial charge in [0.05, 0.1) is 19.0 Å². The van der Waals surface area contributed by atoms with E-state index in [2.05, 4.69) is 20.4 Å². The number of anilines is 2. The summed E-state index contributed by atoms with van der Waals surface area (Å²) >= 11 is 0. The van der Waals surface area contributed by atoms with Gasteiger partial charge in [-0.2, -0.15) is 5.10 Å². The van der Waals surface area contributed by atoms with Crippen molar-refractivity contribution in [2.75, 3.05) is 24.7 Å². The summed E-state index contributed by atoms with van der Waals surface area (Å²) in [4.78, 5) is 30.9. The molecule has 3 N–H and O–H groups in total. The van der Waals surface area contributed by atoms with E-state index in [1.54, 1.807) is 6.07 Å². The molecule has 3 rings (SSSR count). The standard InChI is InChI=1S/C18H19N7O4.C2H6/c1-11-5-12(7-14(6-11)29-2)15(10-25(27)28)24-9-13(8-22-24)23-18(26)16-17(19)21-4-3-20-16;1-2/h3-9,15H,10H2,1-2H3,(H2,19,21)(H,23,26);1-2H3. The number of aryl methyl sites for hydroxylation is 1. The number of nitro groups is 1. The van der Waals surface area contributed by atoms with Crippen LogP contribution in [0.15, 0.2) is 43.0 Å². The maximum Gasteiger partial charge on any atom is 0.278 e. The molecule has 0 radical (unpaired) electrons. The Kier molecular flexibility index (Phi) is 8.01. The van der Waals surface area contributed by atoms with E-state index in [-0.39, 0.29) is 11.5 Å². The first kappa shape index (κ1) is 23.3. The number of hydrogen-bond acceptors (Lipinski definition) is 8. The molecule has 1 unspecified atom stereocenters. The molecule has 1 aromatic carbocycles. The normalized spacial score (nSPS) is 11.1. The average molecular weight is 427 g/mol. The first-order valence-corrected chi connectivity index (χ1v) is 9.56. The summed E-state index contributed by atoms with van der Waals surface area (Å²) in [6.07, 6.45) is 5.63. The molecule has 0 spiro atoms. The first-order chi connectivity index (χ1) is 14.9. The van der Waals surface area contributed by atoms with Crippen LogP contribution in [-0.4, -0.2) is 44.2 Å². The van der Waals surface area contributed by atoms with Crippen molar-refractivity contribution in [3.63, 3.8) is 0 Å². The van der Waals surface area contributed by atoms with Crippen molar-refractivity contribution in [1.82, 2.24) is 19.7 Å². The molecule has 2 aromatic heterocycles. The lowest BCUT2D eigenvalue weighted by Gasteiger charge is -2.16. The molecule has 1 amide bonds. The van der Waals surface area contributed by atoms with Gasteiger partial charge in [0.15, 0.2) is 11.5 Å². The highest BCUT2D eigenvalue weighted by atomic mass is 16.6. The number of carbonyl (C=O) groups excluding carboxylic acids is 1. The second-order valence-corrected chi connectivity index (χ2v) is 6.27. The summed E-state index contributed by atoms with van der Waals surface area (Å²) in [5.74, 6) is 0.0286. The molecule has 31 heavy (non-hydrogen) atoms. The molecular formula is C20H25N7O4. The molecule has 0 aliphatic carbocycles. The molecule has 1 atom stereocenters. The third-order valence-corrected chi connectivity index (χ3v) is 4.14. The molecule has 0 aliphatic rings. The molecular weight excluding hydrogens is 402 g/mol. The maximum absolute atomic E-state index is 12.3. The predicted molar refractivity (Wildman–Crippen MR) is 116 cm³/mol. The van der Waals surface area contributed by atoms with E-state index < -0.39 is 23.4 Å². The number of carbonyl (C=O) groups is 1. The van der Waals surface area contributed by atoms with Gasteiger partial charge < -0.3 is 15.8 Å². The second kappa shape index (κ2) is 10.7. The van der Waals surface area contributed by atoms with Gasteiger partial charge in [0.25, 0.3) is 5.91 Å². The highest BCUT2D eigenvalue weighted by Crippen LogP contribution is 2.25. The SMILES string of the molecule is CC.COc1cc(C)cc(C(C[N+](=O)[O-])n2cc(NC(=O)c3nccnc3N)cn2)c1. The van der Waals surface area contributed by atoms with E-state index >= 15 is 0 Å². The Morgan fingerprint density at radius 1 is 1.29 bits per heavy atom. The lowest BCUT2D eigenvalue weighted by molar-refractivity contribution is -0.484. The van der Waals surface area contributed by atoms with Gasteiger partial charge in [0.1, 0.15) is 11.8 Å². The Morgan fingerprint density at radius 2 is 2.00 bits per heavy atom. The molecule has 3 aromatic rings. The third kappa shape index (κ3) is 5.98. The van der Waals surface area contributed by atoms with Crippen LogP contribution < -0.4 is 15.8 Å². The molecule has 0 bridgehead atoms. The number of benzene rings is 1. The number of ether oxygens (including phenoxy) is 1. The summed E-state index contributed by atoms with van der Waals surface area (Å²) in [6, 6.07) is 4.69. The zero-order chi connectivity index (χ0) is 23.0. The van der Waals surface area contributed by atoms with Crippen LogP contribution in [0.1, 0.15) is 41.5 Å². The van der Waals surface area contributed by atoms with E-state index in [0.717, 1.165) is 5.56 Å². The Balaban J connectivity index is 0.00000166. The predicted octanol–water partition coefficient (Wildman–Crippen LogP) is 2.72. The van der Waals surface area contributed by atoms with E-state index in [4.69, 9.17) is 10.5 Å². The highest BCUT2D eigenvalue weighted by Gasteiger charge is 2.23. The van der Waals surface area contributed by atoms with Gasteiger partial charge in [-0.15, -0.1) is 0 Å². The molecule has 0 saturated carbocycles. The van der Waals surface area contributed by atoms with Crippen molar-refractivity contribution in [3.8, 4) is 5.75 Å². The van der Waals surface area contributed by atoms with Crippen LogP contribution in [0.3, 0.4) is 0 Å². The highest BCUT2D eigenvalue weighted by molar-refractivity contribution is 6.05. The van der Waals surface area contributed by atoms with E-state index in [1.165, 1.54) is 36.6 Å². The number of aromatic nitrogens is 4. The monoisotopic (exact) mass is 427 g/mol. The fourth-order valence-corrected chi connectivity index (χ4v) is 2.86. The van der Waals surface area contributed by atoms with Crippen LogP contribution in [0.25, 0.3) is 0 Å². The Morgan fingerprint density at radius 3 is 2.65 bits per heavy atom. The van der Waals surface area contributed by atoms with E-state index in [9.17, 15) is 14.9 Å². The van der Waals surface area contributed by atoms with Crippen LogP contribution in [0.2, 0.25) is 0 Å². The third-order valence-electron chi connectivity index (χ3n) is 4.14. The second-order valence-electron chi connectivity index (χ2n) is 6.27. The summed E-state index contributed by atoms with van der Waals surface area (Å²) < 4.78 is 6.69. The molecule has 2 heterocycles. The summed E-state index contributed by atoms with van der Waals surface area (Å²) in [7, 11) is 1.53. The first-order valence-electron chi connectivity index (χ1n) is 9.56. The molecule has 0 aliphatic heterocycles. The number of rotatable bonds is 7. The topological polar surface area (TPSA) is 151 Å². The van der Waals surface area contributed by atoms with Crippen molar-refractivity contribution < 1.29 is 14.5 Å². The summed E-state index contributed by atoms with van der Waals surface area (Å²) in [6.45, 7) is 5.48. The molecule has 11 nitrogen and oxygen atoms in total. The maximum atomic E-state index is 12.3. The lowest BCUT2D eigenvalue weighted by Crippen LogP contribution is -2.21. The van der Waals surface area contributed by atoms with Gasteiger partial charge in [0, 0.05) is 23.5 Å². The number of nitrogens with one attached hydrogen (secondary N) is 1. The number of nitrogens with zero attached hydrogens (tertiary/aromatic N) is 5. The van der Waals surface area contributed by atoms with Crippen molar-refractivity contribution in [2.24, 2.45) is 0 Å². The molecule has 11 heteroatoms. The van der Waals surface area contributed by atoms with Gasteiger partial charge in [-0.05, 0) is 30.2 Å². The van der Waals surface area contributed by atoms with Gasteiger partial charge >= 0.3 is 0 Å². The number of hydrogen-bond donors (Lipinski definition) is 2. The average Bonchev–Trinajstić information content (AvgIpc) is 3.21. The van der Waals surface area contributed by atoms with Gasteiger partial charge in [-0.25, -0.2) is 9.97 Å². The number of nitrogens with two attached hydrogens (primary N) is 1. The fourth-order valence-electron chi connectivity index (χ4n) is 2.86. The molecule has 0 fully saturated rings. The number of nitrogen functional groups attached to an aromatic ring is 1. The smallest absolute Gasteiger partial charge is 0.278 e. The van der Waals surface area contributed by atoms with Gasteiger partial charge in [-0.3, -0.25) is 19.6 Å². The number of methoxy groups -OCH3 is 1. The summed E-state index contributed by atoms with van der Waals surface area (Å²) in [5.41, 5.74) is 7.54. The zero-order valence-electron chi connectivity index (χ0n) is 17.8. The minimum absolute atomic E-state index is 0.00419. The minimum Gasteiger partial charge on any atom is -0.497 e.